The molecule has 492 valence electrons. The quantitative estimate of drug-likeness (QED) is 0.0527. The molecule has 2 unspecified atom stereocenters. The number of nitrogens with zero attached hydrogens (tertiary/aromatic N) is 4. The first-order chi connectivity index (χ1) is 43.3. The molecule has 2 aromatic heterocycles. The van der Waals surface area contributed by atoms with Gasteiger partial charge in [-0.2, -0.15) is 0 Å². The average molecular weight is 1370 g/mol. The van der Waals surface area contributed by atoms with Crippen molar-refractivity contribution in [2.24, 2.45) is 11.8 Å². The van der Waals surface area contributed by atoms with Crippen LogP contribution in [0.15, 0.2) is 134 Å². The summed E-state index contributed by atoms with van der Waals surface area (Å²) in [6, 6.07) is 36.2. The number of esters is 2. The van der Waals surface area contributed by atoms with E-state index >= 15 is 9.59 Å². The summed E-state index contributed by atoms with van der Waals surface area (Å²) >= 11 is 25.8. The van der Waals surface area contributed by atoms with E-state index in [2.05, 4.69) is 77.7 Å². The van der Waals surface area contributed by atoms with Crippen molar-refractivity contribution < 1.29 is 47.0 Å². The molecule has 4 heterocycles. The number of ether oxygens (including phenoxy) is 4. The van der Waals surface area contributed by atoms with Crippen molar-refractivity contribution >= 4 is 86.8 Å². The van der Waals surface area contributed by atoms with E-state index in [1.807, 2.05) is 121 Å². The molecule has 2 amide bonds. The SMILES string of the molecule is COC(=O)c1ccc(C[C@@]2(C)O[C@H](c3cccc(Cl)c3)C(c3ccc(Cl)cc3)N([C@H](CO[Si](C)(C)C(C)(C)C)C3CC3)C2=O)nc1.COC(=O)c1ccc(C[C@]2(C)O[C@H](c3cccc(Cl)c3)C(c3ccc(Cl)cc3)N([C@H](CO[Si](C)(C)C(C)(C)C)C3CC3)C2=O)nc1. The first kappa shape index (κ1) is 70.8. The molecular formula is C72H88Cl4N4O10Si2. The molecule has 0 bridgehead atoms. The van der Waals surface area contributed by atoms with E-state index in [0.717, 1.165) is 47.9 Å². The van der Waals surface area contributed by atoms with Gasteiger partial charge in [0.15, 0.2) is 27.8 Å². The monoisotopic (exact) mass is 1360 g/mol. The van der Waals surface area contributed by atoms with Crippen molar-refractivity contribution in [1.29, 1.82) is 0 Å². The number of carbonyl (C=O) groups is 4. The molecule has 2 aliphatic heterocycles. The predicted octanol–water partition coefficient (Wildman–Crippen LogP) is 17.2. The van der Waals surface area contributed by atoms with Crippen molar-refractivity contribution in [3.63, 3.8) is 0 Å². The van der Waals surface area contributed by atoms with Gasteiger partial charge < -0.3 is 37.6 Å². The van der Waals surface area contributed by atoms with Crippen molar-refractivity contribution in [3.05, 3.63) is 199 Å². The number of methoxy groups -OCH3 is 2. The fraction of sp³-hybridized carbons (Fsp3) is 0.472. The van der Waals surface area contributed by atoms with Gasteiger partial charge in [-0.25, -0.2) is 9.59 Å². The van der Waals surface area contributed by atoms with Crippen LogP contribution in [0.3, 0.4) is 0 Å². The Morgan fingerprint density at radius 3 is 1.16 bits per heavy atom. The van der Waals surface area contributed by atoms with Crippen LogP contribution in [-0.2, 0) is 50.2 Å². The molecule has 6 aromatic rings. The molecule has 2 saturated heterocycles. The van der Waals surface area contributed by atoms with Crippen LogP contribution < -0.4 is 0 Å². The lowest BCUT2D eigenvalue weighted by Gasteiger charge is -2.52. The molecule has 0 spiro atoms. The Hall–Kier alpha value is -5.51. The zero-order valence-corrected chi connectivity index (χ0v) is 60.4. The van der Waals surface area contributed by atoms with E-state index in [4.69, 9.17) is 74.2 Å². The average Bonchev–Trinajstić information content (AvgIpc) is 0.833. The molecule has 0 radical (unpaired) electrons. The number of carbonyl (C=O) groups excluding carboxylic acids is 4. The van der Waals surface area contributed by atoms with Crippen LogP contribution in [0, 0.1) is 11.8 Å². The number of aromatic nitrogens is 2. The summed E-state index contributed by atoms with van der Waals surface area (Å²) in [5.41, 5.74) is 2.94. The lowest BCUT2D eigenvalue weighted by Crippen LogP contribution is -2.62. The second kappa shape index (κ2) is 28.4. The minimum atomic E-state index is -2.13. The van der Waals surface area contributed by atoms with Crippen molar-refractivity contribution in [2.75, 3.05) is 27.4 Å². The Morgan fingerprint density at radius 2 is 0.880 bits per heavy atom. The molecular weight excluding hydrogens is 1280 g/mol. The number of hydrogen-bond acceptors (Lipinski definition) is 12. The summed E-state index contributed by atoms with van der Waals surface area (Å²) in [6.07, 6.45) is 6.36. The van der Waals surface area contributed by atoms with E-state index in [0.29, 0.717) is 67.7 Å². The molecule has 0 N–H and O–H groups in total. The Balaban J connectivity index is 0.000000217. The fourth-order valence-corrected chi connectivity index (χ4v) is 14.5. The molecule has 4 aromatic carbocycles. The third kappa shape index (κ3) is 16.2. The number of benzene rings is 4. The molecule has 2 saturated carbocycles. The minimum absolute atomic E-state index is 0.0194. The van der Waals surface area contributed by atoms with Gasteiger partial charge in [0.2, 0.25) is 0 Å². The van der Waals surface area contributed by atoms with E-state index in [-0.39, 0.29) is 46.8 Å². The van der Waals surface area contributed by atoms with Gasteiger partial charge in [0.25, 0.3) is 11.8 Å². The second-order valence-electron chi connectivity index (χ2n) is 28.4. The first-order valence-electron chi connectivity index (χ1n) is 31.6. The van der Waals surface area contributed by atoms with Crippen LogP contribution in [0.25, 0.3) is 0 Å². The highest BCUT2D eigenvalue weighted by Gasteiger charge is 2.58. The summed E-state index contributed by atoms with van der Waals surface area (Å²) in [5, 5.41) is 2.44. The van der Waals surface area contributed by atoms with Gasteiger partial charge in [-0.15, -0.1) is 0 Å². The summed E-state index contributed by atoms with van der Waals surface area (Å²) in [4.78, 5) is 67.4. The van der Waals surface area contributed by atoms with Gasteiger partial charge in [-0.1, -0.05) is 136 Å². The molecule has 14 nitrogen and oxygen atoms in total. The maximum Gasteiger partial charge on any atom is 0.339 e. The summed E-state index contributed by atoms with van der Waals surface area (Å²) in [7, 11) is -1.61. The zero-order chi connectivity index (χ0) is 66.9. The third-order valence-electron chi connectivity index (χ3n) is 19.5. The molecule has 4 aliphatic rings. The topological polar surface area (TPSA) is 156 Å². The van der Waals surface area contributed by atoms with E-state index in [9.17, 15) is 9.59 Å². The van der Waals surface area contributed by atoms with Crippen LogP contribution in [-0.4, -0.2) is 111 Å². The lowest BCUT2D eigenvalue weighted by molar-refractivity contribution is -0.205. The largest absolute Gasteiger partial charge is 0.465 e. The summed E-state index contributed by atoms with van der Waals surface area (Å²) in [5.74, 6) is -0.572. The van der Waals surface area contributed by atoms with Crippen LogP contribution in [0.1, 0.15) is 160 Å². The number of rotatable bonds is 20. The maximum absolute atomic E-state index is 15.1. The highest BCUT2D eigenvalue weighted by Crippen LogP contribution is 2.53. The Labute approximate surface area is 565 Å². The number of morpholine rings is 2. The molecule has 92 heavy (non-hydrogen) atoms. The normalized spacial score (nSPS) is 22.9. The second-order valence-corrected chi connectivity index (χ2v) is 39.8. The van der Waals surface area contributed by atoms with Gasteiger partial charge in [0, 0.05) is 56.7 Å². The third-order valence-corrected chi connectivity index (χ3v) is 29.5. The van der Waals surface area contributed by atoms with Gasteiger partial charge in [-0.3, -0.25) is 19.6 Å². The smallest absolute Gasteiger partial charge is 0.339 e. The van der Waals surface area contributed by atoms with Crippen molar-refractivity contribution in [3.8, 4) is 0 Å². The number of amides is 2. The van der Waals surface area contributed by atoms with Gasteiger partial charge >= 0.3 is 11.9 Å². The number of halogens is 4. The summed E-state index contributed by atoms with van der Waals surface area (Å²) in [6.45, 7) is 26.9. The highest BCUT2D eigenvalue weighted by molar-refractivity contribution is 6.74. The number of hydrogen-bond donors (Lipinski definition) is 0. The van der Waals surface area contributed by atoms with Crippen molar-refractivity contribution in [1.82, 2.24) is 19.8 Å². The lowest BCUT2D eigenvalue weighted by atomic mass is 9.85. The Morgan fingerprint density at radius 1 is 0.533 bits per heavy atom. The van der Waals surface area contributed by atoms with Crippen molar-refractivity contribution in [2.45, 2.75) is 178 Å². The van der Waals surface area contributed by atoms with E-state index < -0.39 is 64.1 Å². The molecule has 10 rings (SSSR count). The number of pyridine rings is 2. The van der Waals surface area contributed by atoms with Gasteiger partial charge in [0.1, 0.15) is 12.2 Å². The Kier molecular flexibility index (Phi) is 21.9. The zero-order valence-electron chi connectivity index (χ0n) is 55.4. The minimum Gasteiger partial charge on any atom is -0.465 e. The fourth-order valence-electron chi connectivity index (χ4n) is 11.8. The first-order valence-corrected chi connectivity index (χ1v) is 39.0. The Bertz CT molecular complexity index is 3350. The molecule has 4 fully saturated rings. The standard InChI is InChI=1S/2C36H44Cl2N2O5Si/c2*1-35(2,3)46(6,7)44-22-30(23-11-12-23)40-31(24-13-16-27(37)17-14-24)32(25-9-8-10-28(38)19-25)45-36(4,34(40)42)20-29-18-15-26(21-39-29)33(41)43-5/h2*8-10,13-19,21,23,30-32H,11-12,20,22H2,1-7H3/t30-,31?,32-,36+;30-,31?,32-,36-/m11/s1. The highest BCUT2D eigenvalue weighted by atomic mass is 35.5. The van der Waals surface area contributed by atoms with E-state index in [1.54, 1.807) is 24.3 Å². The van der Waals surface area contributed by atoms with Crippen LogP contribution >= 0.6 is 46.4 Å². The van der Waals surface area contributed by atoms with Crippen LogP contribution in [0.5, 0.6) is 0 Å². The van der Waals surface area contributed by atoms with Gasteiger partial charge in [0.05, 0.1) is 62.7 Å². The maximum atomic E-state index is 15.1. The molecule has 8 atom stereocenters. The van der Waals surface area contributed by atoms with E-state index in [1.165, 1.54) is 26.6 Å². The predicted molar refractivity (Wildman–Crippen MR) is 367 cm³/mol. The van der Waals surface area contributed by atoms with Gasteiger partial charge in [-0.05, 0) is 183 Å². The van der Waals surface area contributed by atoms with Crippen LogP contribution in [0.4, 0.5) is 0 Å². The molecule has 20 heteroatoms. The molecule has 2 aliphatic carbocycles. The summed E-state index contributed by atoms with van der Waals surface area (Å²) < 4.78 is 37.3. The van der Waals surface area contributed by atoms with Crippen LogP contribution in [0.2, 0.25) is 56.4 Å².